The summed E-state index contributed by atoms with van der Waals surface area (Å²) in [5.41, 5.74) is 6.34. The Kier molecular flexibility index (Phi) is 4.48. The van der Waals surface area contributed by atoms with Crippen LogP contribution in [-0.4, -0.2) is 23.1 Å². The van der Waals surface area contributed by atoms with Gasteiger partial charge in [0.15, 0.2) is 0 Å². The van der Waals surface area contributed by atoms with E-state index < -0.39 is 0 Å². The van der Waals surface area contributed by atoms with Gasteiger partial charge in [-0.25, -0.2) is 0 Å². The highest BCUT2D eigenvalue weighted by Crippen LogP contribution is 2.39. The van der Waals surface area contributed by atoms with Gasteiger partial charge in [0.1, 0.15) is 0 Å². The third kappa shape index (κ3) is 3.03. The van der Waals surface area contributed by atoms with E-state index in [1.54, 1.807) is 6.07 Å². The first-order valence-corrected chi connectivity index (χ1v) is 7.53. The van der Waals surface area contributed by atoms with Crippen LogP contribution in [0.15, 0.2) is 10.6 Å². The third-order valence-corrected chi connectivity index (χ3v) is 4.46. The number of nitrogens with zero attached hydrogens (tertiary/aromatic N) is 1. The summed E-state index contributed by atoms with van der Waals surface area (Å²) in [6, 6.07) is 1.76. The van der Waals surface area contributed by atoms with Crippen molar-refractivity contribution in [3.05, 3.63) is 17.5 Å². The Bertz CT molecular complexity index is 463. The van der Waals surface area contributed by atoms with Crippen molar-refractivity contribution in [3.63, 3.8) is 0 Å². The number of carbonyl (C=O) groups is 1. The number of aromatic nitrogens is 1. The van der Waals surface area contributed by atoms with E-state index in [-0.39, 0.29) is 17.2 Å². The van der Waals surface area contributed by atoms with E-state index in [1.807, 2.05) is 6.92 Å². The van der Waals surface area contributed by atoms with E-state index in [0.29, 0.717) is 18.4 Å². The Labute approximate surface area is 120 Å². The number of amides is 1. The zero-order valence-electron chi connectivity index (χ0n) is 12.6. The molecule has 1 atom stereocenters. The minimum Gasteiger partial charge on any atom is -0.351 e. The van der Waals surface area contributed by atoms with Crippen LogP contribution in [0.5, 0.6) is 0 Å². The second-order valence-corrected chi connectivity index (χ2v) is 5.98. The van der Waals surface area contributed by atoms with Crippen LogP contribution in [0.25, 0.3) is 0 Å². The van der Waals surface area contributed by atoms with Crippen LogP contribution in [0.2, 0.25) is 0 Å². The molecule has 1 unspecified atom stereocenters. The predicted molar refractivity (Wildman–Crippen MR) is 77.5 cm³/mol. The monoisotopic (exact) mass is 279 g/mol. The molecule has 1 saturated carbocycles. The molecule has 0 bridgehead atoms. The highest BCUT2D eigenvalue weighted by atomic mass is 16.5. The summed E-state index contributed by atoms with van der Waals surface area (Å²) in [7, 11) is 0. The molecule has 3 N–H and O–H groups in total. The average Bonchev–Trinajstić information content (AvgIpc) is 3.20. The topological polar surface area (TPSA) is 81.2 Å². The highest BCUT2D eigenvalue weighted by Gasteiger charge is 2.42. The Hall–Kier alpha value is -1.36. The van der Waals surface area contributed by atoms with Gasteiger partial charge in [-0.05, 0) is 38.5 Å². The summed E-state index contributed by atoms with van der Waals surface area (Å²) in [6.45, 7) is 6.67. The lowest BCUT2D eigenvalue weighted by molar-refractivity contribution is 0.0859. The van der Waals surface area contributed by atoms with Gasteiger partial charge in [0.2, 0.25) is 5.76 Å². The van der Waals surface area contributed by atoms with Gasteiger partial charge in [0, 0.05) is 18.5 Å². The molecule has 0 aromatic carbocycles. The number of hydrogen-bond donors (Lipinski definition) is 2. The Morgan fingerprint density at radius 1 is 1.55 bits per heavy atom. The summed E-state index contributed by atoms with van der Waals surface area (Å²) in [5.74, 6) is 0.907. The van der Waals surface area contributed by atoms with Crippen molar-refractivity contribution >= 4 is 5.91 Å². The molecule has 1 aliphatic carbocycles. The molecule has 1 fully saturated rings. The molecular weight excluding hydrogens is 254 g/mol. The van der Waals surface area contributed by atoms with E-state index in [2.05, 4.69) is 24.3 Å². The van der Waals surface area contributed by atoms with Crippen molar-refractivity contribution in [2.45, 2.75) is 57.9 Å². The molecule has 2 rings (SSSR count). The maximum atomic E-state index is 12.3. The van der Waals surface area contributed by atoms with Gasteiger partial charge in [0.05, 0.1) is 11.2 Å². The molecule has 5 nitrogen and oxygen atoms in total. The highest BCUT2D eigenvalue weighted by molar-refractivity contribution is 5.92. The van der Waals surface area contributed by atoms with Gasteiger partial charge < -0.3 is 15.6 Å². The lowest BCUT2D eigenvalue weighted by Crippen LogP contribution is -2.53. The molecule has 1 amide bonds. The Morgan fingerprint density at radius 3 is 2.70 bits per heavy atom. The fraction of sp³-hybridized carbons (Fsp3) is 0.733. The van der Waals surface area contributed by atoms with Crippen molar-refractivity contribution in [1.82, 2.24) is 10.5 Å². The van der Waals surface area contributed by atoms with Crippen LogP contribution in [0, 0.1) is 5.92 Å². The van der Waals surface area contributed by atoms with E-state index in [1.165, 1.54) is 0 Å². The molecule has 1 aromatic heterocycles. The van der Waals surface area contributed by atoms with Gasteiger partial charge >= 0.3 is 0 Å². The van der Waals surface area contributed by atoms with Gasteiger partial charge in [-0.2, -0.15) is 0 Å². The molecule has 1 aromatic rings. The van der Waals surface area contributed by atoms with Gasteiger partial charge in [-0.1, -0.05) is 19.0 Å². The molecular formula is C15H25N3O2. The first-order valence-electron chi connectivity index (χ1n) is 7.53. The fourth-order valence-electron chi connectivity index (χ4n) is 2.66. The van der Waals surface area contributed by atoms with Crippen LogP contribution in [-0.2, 0) is 0 Å². The molecule has 0 spiro atoms. The van der Waals surface area contributed by atoms with Crippen LogP contribution in [0.1, 0.15) is 68.6 Å². The number of nitrogens with two attached hydrogens (primary N) is 1. The molecule has 0 saturated heterocycles. The summed E-state index contributed by atoms with van der Waals surface area (Å²) in [6.07, 6.45) is 4.24. The largest absolute Gasteiger partial charge is 0.351 e. The maximum absolute atomic E-state index is 12.3. The van der Waals surface area contributed by atoms with Crippen molar-refractivity contribution in [2.75, 3.05) is 6.54 Å². The number of rotatable bonds is 7. The smallest absolute Gasteiger partial charge is 0.290 e. The van der Waals surface area contributed by atoms with E-state index in [9.17, 15) is 4.79 Å². The molecule has 112 valence electrons. The summed E-state index contributed by atoms with van der Waals surface area (Å²) < 4.78 is 5.20. The zero-order chi connectivity index (χ0) is 14.8. The van der Waals surface area contributed by atoms with Crippen LogP contribution >= 0.6 is 0 Å². The predicted octanol–water partition coefficient (Wildman–Crippen LogP) is 2.44. The quantitative estimate of drug-likeness (QED) is 0.803. The van der Waals surface area contributed by atoms with Crippen molar-refractivity contribution < 1.29 is 9.32 Å². The minimum absolute atomic E-state index is 0.213. The summed E-state index contributed by atoms with van der Waals surface area (Å²) >= 11 is 0. The molecule has 0 aliphatic heterocycles. The number of hydrogen-bond acceptors (Lipinski definition) is 4. The minimum atomic E-state index is -0.334. The SMILES string of the molecule is CCC(CC)c1cc(C(=O)NC(C)(CN)C2CC2)on1. The molecule has 5 heteroatoms. The first-order chi connectivity index (χ1) is 9.54. The lowest BCUT2D eigenvalue weighted by Gasteiger charge is -2.28. The second-order valence-electron chi connectivity index (χ2n) is 5.98. The van der Waals surface area contributed by atoms with E-state index >= 15 is 0 Å². The van der Waals surface area contributed by atoms with Gasteiger partial charge in [0.25, 0.3) is 5.91 Å². The van der Waals surface area contributed by atoms with Crippen molar-refractivity contribution in [3.8, 4) is 0 Å². The number of carbonyl (C=O) groups excluding carboxylic acids is 1. The van der Waals surface area contributed by atoms with Crippen molar-refractivity contribution in [2.24, 2.45) is 11.7 Å². The maximum Gasteiger partial charge on any atom is 0.290 e. The second kappa shape index (κ2) is 5.95. The molecule has 1 aliphatic rings. The fourth-order valence-corrected chi connectivity index (χ4v) is 2.66. The Morgan fingerprint density at radius 2 is 2.20 bits per heavy atom. The summed E-state index contributed by atoms with van der Waals surface area (Å²) in [5, 5.41) is 7.04. The van der Waals surface area contributed by atoms with E-state index in [0.717, 1.165) is 31.4 Å². The first kappa shape index (κ1) is 15.0. The molecule has 0 radical (unpaired) electrons. The standard InChI is InChI=1S/C15H25N3O2/c1-4-10(5-2)12-8-13(20-18-12)14(19)17-15(3,9-16)11-6-7-11/h8,10-11H,4-7,9,16H2,1-3H3,(H,17,19). The zero-order valence-corrected chi connectivity index (χ0v) is 12.6. The van der Waals surface area contributed by atoms with Gasteiger partial charge in [-0.15, -0.1) is 0 Å². The number of nitrogens with one attached hydrogen (secondary N) is 1. The van der Waals surface area contributed by atoms with Crippen LogP contribution in [0.4, 0.5) is 0 Å². The van der Waals surface area contributed by atoms with E-state index in [4.69, 9.17) is 10.3 Å². The average molecular weight is 279 g/mol. The van der Waals surface area contributed by atoms with Crippen LogP contribution in [0.3, 0.4) is 0 Å². The molecule has 20 heavy (non-hydrogen) atoms. The van der Waals surface area contributed by atoms with Gasteiger partial charge in [-0.3, -0.25) is 4.79 Å². The normalized spacial score (nSPS) is 18.1. The Balaban J connectivity index is 2.06. The summed E-state index contributed by atoms with van der Waals surface area (Å²) in [4.78, 5) is 12.3. The lowest BCUT2D eigenvalue weighted by atomic mass is 9.95. The van der Waals surface area contributed by atoms with Crippen LogP contribution < -0.4 is 11.1 Å². The third-order valence-electron chi connectivity index (χ3n) is 4.46. The molecule has 1 heterocycles. The van der Waals surface area contributed by atoms with Crippen molar-refractivity contribution in [1.29, 1.82) is 0 Å².